The lowest BCUT2D eigenvalue weighted by Gasteiger charge is -2.10. The van der Waals surface area contributed by atoms with E-state index in [0.717, 1.165) is 11.3 Å². The molecule has 30 heavy (non-hydrogen) atoms. The van der Waals surface area contributed by atoms with Gasteiger partial charge in [-0.3, -0.25) is 10.1 Å². The fourth-order valence-corrected chi connectivity index (χ4v) is 5.13. The van der Waals surface area contributed by atoms with Crippen LogP contribution >= 0.6 is 11.3 Å². The minimum Gasteiger partial charge on any atom is -0.389 e. The minimum absolute atomic E-state index is 0.0222. The maximum atomic E-state index is 12.8. The lowest BCUT2D eigenvalue weighted by atomic mass is 10.1. The van der Waals surface area contributed by atoms with Gasteiger partial charge in [0.1, 0.15) is 10.9 Å². The van der Waals surface area contributed by atoms with Gasteiger partial charge in [0.2, 0.25) is 0 Å². The minimum atomic E-state index is -3.33. The lowest BCUT2D eigenvalue weighted by Crippen LogP contribution is -2.25. The highest BCUT2D eigenvalue weighted by atomic mass is 32.2. The Hall–Kier alpha value is -2.81. The van der Waals surface area contributed by atoms with Crippen LogP contribution in [0.3, 0.4) is 0 Å². The molecule has 0 unspecified atom stereocenters. The molecule has 9 nitrogen and oxygen atoms in total. The van der Waals surface area contributed by atoms with Crippen LogP contribution in [0.4, 0.5) is 5.13 Å². The zero-order valence-corrected chi connectivity index (χ0v) is 17.4. The van der Waals surface area contributed by atoms with E-state index in [1.807, 2.05) is 6.07 Å². The summed E-state index contributed by atoms with van der Waals surface area (Å²) < 4.78 is 30.0. The number of sulfone groups is 1. The fourth-order valence-electron chi connectivity index (χ4n) is 2.86. The largest absolute Gasteiger partial charge is 0.389 e. The number of ether oxygens (including phenoxy) is 1. The van der Waals surface area contributed by atoms with Crippen LogP contribution in [0.1, 0.15) is 29.7 Å². The van der Waals surface area contributed by atoms with Gasteiger partial charge in [-0.05, 0) is 25.0 Å². The summed E-state index contributed by atoms with van der Waals surface area (Å²) >= 11 is 1.03. The second kappa shape index (κ2) is 8.51. The molecule has 1 aliphatic carbocycles. The fraction of sp³-hybridized carbons (Fsp3) is 0.368. The van der Waals surface area contributed by atoms with Crippen molar-refractivity contribution >= 4 is 37.9 Å². The van der Waals surface area contributed by atoms with E-state index in [-0.39, 0.29) is 27.1 Å². The van der Waals surface area contributed by atoms with Crippen molar-refractivity contribution in [1.82, 2.24) is 4.98 Å². The van der Waals surface area contributed by atoms with Gasteiger partial charge in [0, 0.05) is 12.0 Å². The number of carbonyl (C=O) groups excluding carboxylic acids is 1. The van der Waals surface area contributed by atoms with E-state index in [9.17, 15) is 13.2 Å². The van der Waals surface area contributed by atoms with Crippen molar-refractivity contribution in [2.75, 3.05) is 18.5 Å². The SMILES string of the molecule is N#Cc1cnc(NC(=O)C(=NO[C@@H]2CCOC2)c2ccc(S(=O)(=O)C3CC3)cc2)s1. The van der Waals surface area contributed by atoms with E-state index in [0.29, 0.717) is 42.9 Å². The number of hydrogen-bond acceptors (Lipinski definition) is 9. The number of hydrogen-bond donors (Lipinski definition) is 1. The van der Waals surface area contributed by atoms with Crippen molar-refractivity contribution in [3.63, 3.8) is 0 Å². The van der Waals surface area contributed by atoms with Crippen molar-refractivity contribution in [3.8, 4) is 6.07 Å². The Bertz CT molecular complexity index is 1110. The predicted octanol–water partition coefficient (Wildman–Crippen LogP) is 2.10. The highest BCUT2D eigenvalue weighted by Gasteiger charge is 2.36. The molecular formula is C19H18N4O5S2. The molecule has 2 aliphatic rings. The Kier molecular flexibility index (Phi) is 5.80. The number of aromatic nitrogens is 1. The average molecular weight is 447 g/mol. The zero-order valence-electron chi connectivity index (χ0n) is 15.8. The molecule has 11 heteroatoms. The van der Waals surface area contributed by atoms with Crippen LogP contribution in [0.2, 0.25) is 0 Å². The molecule has 1 aliphatic heterocycles. The van der Waals surface area contributed by atoms with Crippen LogP contribution in [0, 0.1) is 11.3 Å². The third-order valence-electron chi connectivity index (χ3n) is 4.65. The zero-order chi connectivity index (χ0) is 21.1. The van der Waals surface area contributed by atoms with Crippen molar-refractivity contribution in [3.05, 3.63) is 40.9 Å². The third kappa shape index (κ3) is 4.51. The number of benzene rings is 1. The second-order valence-electron chi connectivity index (χ2n) is 6.90. The Morgan fingerprint density at radius 1 is 1.30 bits per heavy atom. The van der Waals surface area contributed by atoms with Crippen molar-refractivity contribution in [1.29, 1.82) is 5.26 Å². The first kappa shape index (κ1) is 20.5. The predicted molar refractivity (Wildman–Crippen MR) is 109 cm³/mol. The van der Waals surface area contributed by atoms with Crippen molar-refractivity contribution < 1.29 is 22.8 Å². The Morgan fingerprint density at radius 2 is 2.07 bits per heavy atom. The van der Waals surface area contributed by atoms with E-state index in [1.165, 1.54) is 30.5 Å². The number of nitriles is 1. The Labute approximate surface area is 177 Å². The highest BCUT2D eigenvalue weighted by molar-refractivity contribution is 7.92. The molecule has 2 aromatic rings. The molecule has 0 spiro atoms. The van der Waals surface area contributed by atoms with Crippen LogP contribution in [-0.4, -0.2) is 49.6 Å². The van der Waals surface area contributed by atoms with E-state index in [4.69, 9.17) is 14.8 Å². The van der Waals surface area contributed by atoms with E-state index < -0.39 is 15.7 Å². The van der Waals surface area contributed by atoms with Gasteiger partial charge in [0.25, 0.3) is 5.91 Å². The summed E-state index contributed by atoms with van der Waals surface area (Å²) in [6.07, 6.45) is 3.12. The van der Waals surface area contributed by atoms with E-state index in [1.54, 1.807) is 0 Å². The van der Waals surface area contributed by atoms with Crippen molar-refractivity contribution in [2.45, 2.75) is 35.5 Å². The molecule has 4 rings (SSSR count). The van der Waals surface area contributed by atoms with Gasteiger partial charge in [-0.1, -0.05) is 28.6 Å². The maximum absolute atomic E-state index is 12.8. The molecule has 0 bridgehead atoms. The number of amides is 1. The molecule has 1 aromatic carbocycles. The molecule has 0 radical (unpaired) electrons. The van der Waals surface area contributed by atoms with Crippen molar-refractivity contribution in [2.24, 2.45) is 5.16 Å². The molecule has 1 aromatic heterocycles. The van der Waals surface area contributed by atoms with Crippen LogP contribution in [0.25, 0.3) is 0 Å². The number of rotatable bonds is 7. The Morgan fingerprint density at radius 3 is 2.67 bits per heavy atom. The number of carbonyl (C=O) groups is 1. The second-order valence-corrected chi connectivity index (χ2v) is 10.2. The molecule has 1 N–H and O–H groups in total. The van der Waals surface area contributed by atoms with E-state index in [2.05, 4.69) is 15.5 Å². The summed E-state index contributed by atoms with van der Waals surface area (Å²) in [4.78, 5) is 22.9. The number of anilines is 1. The molecule has 1 amide bonds. The normalized spacial score (nSPS) is 19.3. The van der Waals surface area contributed by atoms with Gasteiger partial charge in [0.15, 0.2) is 26.8 Å². The van der Waals surface area contributed by atoms with Gasteiger partial charge in [-0.25, -0.2) is 13.4 Å². The lowest BCUT2D eigenvalue weighted by molar-refractivity contribution is -0.110. The van der Waals surface area contributed by atoms with Gasteiger partial charge < -0.3 is 9.57 Å². The summed E-state index contributed by atoms with van der Waals surface area (Å²) in [5.41, 5.74) is 0.379. The van der Waals surface area contributed by atoms with Gasteiger partial charge >= 0.3 is 0 Å². The number of nitrogens with one attached hydrogen (secondary N) is 1. The number of oxime groups is 1. The van der Waals surface area contributed by atoms with Crippen LogP contribution in [0.5, 0.6) is 0 Å². The van der Waals surface area contributed by atoms with Gasteiger partial charge in [-0.15, -0.1) is 0 Å². The first-order valence-corrected chi connectivity index (χ1v) is 11.7. The molecule has 2 fully saturated rings. The molecular weight excluding hydrogens is 428 g/mol. The van der Waals surface area contributed by atoms with Gasteiger partial charge in [0.05, 0.1) is 29.6 Å². The number of nitrogens with zero attached hydrogens (tertiary/aromatic N) is 3. The first-order valence-electron chi connectivity index (χ1n) is 9.30. The summed E-state index contributed by atoms with van der Waals surface area (Å²) in [6.45, 7) is 0.945. The van der Waals surface area contributed by atoms with Crippen LogP contribution in [-0.2, 0) is 24.2 Å². The quantitative estimate of drug-likeness (QED) is 0.509. The topological polar surface area (TPSA) is 131 Å². The van der Waals surface area contributed by atoms with E-state index >= 15 is 0 Å². The third-order valence-corrected chi connectivity index (χ3v) is 7.75. The monoisotopic (exact) mass is 446 g/mol. The van der Waals surface area contributed by atoms with Gasteiger partial charge in [-0.2, -0.15) is 5.26 Å². The molecule has 1 atom stereocenters. The molecule has 1 saturated heterocycles. The summed E-state index contributed by atoms with van der Waals surface area (Å²) in [5, 5.41) is 15.5. The number of thiazole rings is 1. The average Bonchev–Trinajstić information content (AvgIpc) is 3.31. The first-order chi connectivity index (χ1) is 14.5. The summed E-state index contributed by atoms with van der Waals surface area (Å²) in [5.74, 6) is -0.578. The summed E-state index contributed by atoms with van der Waals surface area (Å²) in [6, 6.07) is 7.97. The molecule has 156 valence electrons. The summed E-state index contributed by atoms with van der Waals surface area (Å²) in [7, 11) is -3.33. The molecule has 1 saturated carbocycles. The van der Waals surface area contributed by atoms with Crippen LogP contribution in [0.15, 0.2) is 40.5 Å². The molecule has 2 heterocycles. The standard InChI is InChI=1S/C19H18N4O5S2/c20-9-14-10-21-19(29-14)22-18(24)17(23-28-13-7-8-27-11-13)12-1-3-15(4-2-12)30(25,26)16-5-6-16/h1-4,10,13,16H,5-8,11H2,(H,21,22,24)/t13-/m1/s1. The van der Waals surface area contributed by atoms with Crippen LogP contribution < -0.4 is 5.32 Å². The maximum Gasteiger partial charge on any atom is 0.280 e. The Balaban J connectivity index is 1.58. The smallest absolute Gasteiger partial charge is 0.280 e. The highest BCUT2D eigenvalue weighted by Crippen LogP contribution is 2.33.